The van der Waals surface area contributed by atoms with Crippen molar-refractivity contribution in [2.24, 2.45) is 5.92 Å². The van der Waals surface area contributed by atoms with Crippen LogP contribution in [0.2, 0.25) is 0 Å². The van der Waals surface area contributed by atoms with Crippen LogP contribution in [0.25, 0.3) is 0 Å². The average molecular weight is 276 g/mol. The number of rotatable bonds is 8. The van der Waals surface area contributed by atoms with Gasteiger partial charge in [0.1, 0.15) is 0 Å². The summed E-state index contributed by atoms with van der Waals surface area (Å²) in [7, 11) is 0. The van der Waals surface area contributed by atoms with Gasteiger partial charge in [-0.25, -0.2) is 0 Å². The van der Waals surface area contributed by atoms with Crippen LogP contribution in [-0.4, -0.2) is 64.1 Å². The van der Waals surface area contributed by atoms with Crippen molar-refractivity contribution in [1.29, 1.82) is 0 Å². The van der Waals surface area contributed by atoms with E-state index in [1.807, 2.05) is 6.92 Å². The van der Waals surface area contributed by atoms with E-state index in [9.17, 15) is 0 Å². The zero-order valence-corrected chi connectivity index (χ0v) is 13.4. The molecule has 0 aromatic rings. The fourth-order valence-electron chi connectivity index (χ4n) is 1.92. The standard InChI is InChI=1S/C8H17NO.C7H17NO.H2/c1-8(2)7-9-3-5-10-6-4-9;1-3-8-6-5-7-9-4-2;/h8H,3-7H2,1-2H3;8H,3-7H2,1-2H3;1H. The lowest BCUT2D eigenvalue weighted by molar-refractivity contribution is 0.0329. The lowest BCUT2D eigenvalue weighted by Gasteiger charge is -2.27. The zero-order chi connectivity index (χ0) is 14.3. The van der Waals surface area contributed by atoms with Crippen LogP contribution in [0.5, 0.6) is 0 Å². The Morgan fingerprint density at radius 1 is 1.26 bits per heavy atom. The minimum absolute atomic E-state index is 0. The number of ether oxygens (including phenoxy) is 2. The van der Waals surface area contributed by atoms with Crippen molar-refractivity contribution in [3.63, 3.8) is 0 Å². The van der Waals surface area contributed by atoms with E-state index in [4.69, 9.17) is 9.47 Å². The molecule has 1 fully saturated rings. The Morgan fingerprint density at radius 3 is 2.47 bits per heavy atom. The van der Waals surface area contributed by atoms with Gasteiger partial charge in [-0.3, -0.25) is 4.90 Å². The Bertz CT molecular complexity index is 171. The van der Waals surface area contributed by atoms with Gasteiger partial charge in [0, 0.05) is 34.3 Å². The van der Waals surface area contributed by atoms with E-state index < -0.39 is 0 Å². The minimum atomic E-state index is 0. The van der Waals surface area contributed by atoms with Crippen molar-refractivity contribution < 1.29 is 10.9 Å². The molecule has 19 heavy (non-hydrogen) atoms. The Balaban J connectivity index is 0. The molecule has 1 heterocycles. The predicted molar refractivity (Wildman–Crippen MR) is 83.9 cm³/mol. The van der Waals surface area contributed by atoms with Crippen LogP contribution in [0.4, 0.5) is 0 Å². The average Bonchev–Trinajstić information content (AvgIpc) is 2.40. The summed E-state index contributed by atoms with van der Waals surface area (Å²) in [5.74, 6) is 0.790. The second kappa shape index (κ2) is 14.3. The van der Waals surface area contributed by atoms with Gasteiger partial charge in [-0.05, 0) is 32.4 Å². The lowest BCUT2D eigenvalue weighted by Crippen LogP contribution is -2.38. The van der Waals surface area contributed by atoms with Crippen LogP contribution in [-0.2, 0) is 9.47 Å². The maximum Gasteiger partial charge on any atom is 0.0594 e. The molecule has 0 aliphatic carbocycles. The molecule has 0 bridgehead atoms. The summed E-state index contributed by atoms with van der Waals surface area (Å²) >= 11 is 0. The second-order valence-corrected chi connectivity index (χ2v) is 5.21. The first-order valence-corrected chi connectivity index (χ1v) is 7.79. The largest absolute Gasteiger partial charge is 0.382 e. The smallest absolute Gasteiger partial charge is 0.0594 e. The third kappa shape index (κ3) is 14.1. The second-order valence-electron chi connectivity index (χ2n) is 5.21. The van der Waals surface area contributed by atoms with Gasteiger partial charge in [-0.15, -0.1) is 0 Å². The number of hydrogen-bond donors (Lipinski definition) is 1. The number of nitrogens with one attached hydrogen (secondary N) is 1. The molecule has 0 unspecified atom stereocenters. The van der Waals surface area contributed by atoms with Gasteiger partial charge < -0.3 is 14.8 Å². The van der Waals surface area contributed by atoms with Crippen LogP contribution in [0.3, 0.4) is 0 Å². The van der Waals surface area contributed by atoms with Crippen LogP contribution >= 0.6 is 0 Å². The minimum Gasteiger partial charge on any atom is -0.382 e. The van der Waals surface area contributed by atoms with E-state index in [2.05, 4.69) is 31.0 Å². The van der Waals surface area contributed by atoms with Crippen molar-refractivity contribution in [3.05, 3.63) is 0 Å². The summed E-state index contributed by atoms with van der Waals surface area (Å²) in [5, 5.41) is 3.23. The van der Waals surface area contributed by atoms with E-state index in [0.29, 0.717) is 0 Å². The lowest BCUT2D eigenvalue weighted by atomic mass is 10.2. The summed E-state index contributed by atoms with van der Waals surface area (Å²) in [4.78, 5) is 2.47. The van der Waals surface area contributed by atoms with Gasteiger partial charge in [0.15, 0.2) is 0 Å². The SMILES string of the molecule is CC(C)CN1CCOCC1.CCNCCCOCC.[HH]. The fourth-order valence-corrected chi connectivity index (χ4v) is 1.92. The molecule has 118 valence electrons. The molecular formula is C15H36N2O2. The molecule has 4 nitrogen and oxygen atoms in total. The maximum atomic E-state index is 5.24. The van der Waals surface area contributed by atoms with Crippen LogP contribution in [0, 0.1) is 5.92 Å². The Hall–Kier alpha value is -0.160. The fraction of sp³-hybridized carbons (Fsp3) is 1.00. The van der Waals surface area contributed by atoms with E-state index in [-0.39, 0.29) is 1.43 Å². The molecule has 1 aliphatic heterocycles. The molecule has 1 saturated heterocycles. The third-order valence-corrected chi connectivity index (χ3v) is 2.82. The first-order chi connectivity index (χ1) is 9.20. The summed E-state index contributed by atoms with van der Waals surface area (Å²) in [6.45, 7) is 17.8. The van der Waals surface area contributed by atoms with Crippen molar-refractivity contribution in [2.45, 2.75) is 34.1 Å². The monoisotopic (exact) mass is 276 g/mol. The van der Waals surface area contributed by atoms with Crippen LogP contribution in [0.1, 0.15) is 35.5 Å². The van der Waals surface area contributed by atoms with Gasteiger partial charge in [0.25, 0.3) is 0 Å². The first-order valence-electron chi connectivity index (χ1n) is 7.79. The first kappa shape index (κ1) is 18.8. The van der Waals surface area contributed by atoms with Gasteiger partial charge in [-0.1, -0.05) is 20.8 Å². The number of hydrogen-bond acceptors (Lipinski definition) is 4. The topological polar surface area (TPSA) is 33.7 Å². The molecular weight excluding hydrogens is 240 g/mol. The van der Waals surface area contributed by atoms with E-state index in [1.54, 1.807) is 0 Å². The highest BCUT2D eigenvalue weighted by molar-refractivity contribution is 4.62. The highest BCUT2D eigenvalue weighted by atomic mass is 16.5. The summed E-state index contributed by atoms with van der Waals surface area (Å²) < 4.78 is 10.4. The summed E-state index contributed by atoms with van der Waals surface area (Å²) in [6, 6.07) is 0. The van der Waals surface area contributed by atoms with Gasteiger partial charge in [0.2, 0.25) is 0 Å². The van der Waals surface area contributed by atoms with Gasteiger partial charge in [-0.2, -0.15) is 0 Å². The number of morpholine rings is 1. The highest BCUT2D eigenvalue weighted by Gasteiger charge is 2.10. The summed E-state index contributed by atoms with van der Waals surface area (Å²) in [6.07, 6.45) is 1.13. The van der Waals surface area contributed by atoms with E-state index in [0.717, 1.165) is 64.9 Å². The molecule has 1 rings (SSSR count). The quantitative estimate of drug-likeness (QED) is 0.689. The highest BCUT2D eigenvalue weighted by Crippen LogP contribution is 2.01. The Morgan fingerprint density at radius 2 is 1.95 bits per heavy atom. The molecule has 1 N–H and O–H groups in total. The van der Waals surface area contributed by atoms with Crippen molar-refractivity contribution >= 4 is 0 Å². The van der Waals surface area contributed by atoms with Crippen molar-refractivity contribution in [2.75, 3.05) is 59.2 Å². The molecule has 0 amide bonds. The molecule has 0 saturated carbocycles. The summed E-state index contributed by atoms with van der Waals surface area (Å²) in [5.41, 5.74) is 0. The van der Waals surface area contributed by atoms with Crippen LogP contribution < -0.4 is 5.32 Å². The van der Waals surface area contributed by atoms with E-state index >= 15 is 0 Å². The van der Waals surface area contributed by atoms with Crippen molar-refractivity contribution in [1.82, 2.24) is 10.2 Å². The zero-order valence-electron chi connectivity index (χ0n) is 13.4. The molecule has 0 spiro atoms. The molecule has 0 radical (unpaired) electrons. The normalized spacial score (nSPS) is 16.3. The Labute approximate surface area is 121 Å². The Kier molecular flexibility index (Phi) is 14.1. The molecule has 1 aliphatic rings. The van der Waals surface area contributed by atoms with Gasteiger partial charge >= 0.3 is 0 Å². The molecule has 0 aromatic heterocycles. The van der Waals surface area contributed by atoms with Crippen molar-refractivity contribution in [3.8, 4) is 0 Å². The molecule has 4 heteroatoms. The molecule has 0 aromatic carbocycles. The van der Waals surface area contributed by atoms with Gasteiger partial charge in [0.05, 0.1) is 13.2 Å². The number of nitrogens with zero attached hydrogens (tertiary/aromatic N) is 1. The molecule has 0 atom stereocenters. The third-order valence-electron chi connectivity index (χ3n) is 2.82. The van der Waals surface area contributed by atoms with Crippen LogP contribution in [0.15, 0.2) is 0 Å². The van der Waals surface area contributed by atoms with E-state index in [1.165, 1.54) is 6.54 Å². The predicted octanol–water partition coefficient (Wildman–Crippen LogP) is 2.24. The maximum absolute atomic E-state index is 5.24.